The van der Waals surface area contributed by atoms with Gasteiger partial charge < -0.3 is 5.32 Å². The van der Waals surface area contributed by atoms with Gasteiger partial charge in [0.1, 0.15) is 0 Å². The molecule has 0 bridgehead atoms. The summed E-state index contributed by atoms with van der Waals surface area (Å²) in [7, 11) is 2.02. The fourth-order valence-corrected chi connectivity index (χ4v) is 2.65. The van der Waals surface area contributed by atoms with Crippen LogP contribution in [0.5, 0.6) is 0 Å². The van der Waals surface area contributed by atoms with Crippen molar-refractivity contribution in [3.8, 4) is 0 Å². The Balaban J connectivity index is 1.88. The van der Waals surface area contributed by atoms with E-state index in [9.17, 15) is 0 Å². The Hall–Kier alpha value is -2.19. The van der Waals surface area contributed by atoms with Crippen molar-refractivity contribution < 1.29 is 0 Å². The molecule has 1 aromatic heterocycles. The van der Waals surface area contributed by atoms with E-state index in [4.69, 9.17) is 0 Å². The Kier molecular flexibility index (Phi) is 3.98. The van der Waals surface area contributed by atoms with Gasteiger partial charge in [-0.3, -0.25) is 4.98 Å². The van der Waals surface area contributed by atoms with E-state index in [2.05, 4.69) is 65.8 Å². The lowest BCUT2D eigenvalue weighted by Gasteiger charge is -2.17. The van der Waals surface area contributed by atoms with Crippen LogP contribution in [0.2, 0.25) is 0 Å². The number of nitrogens with zero attached hydrogens (tertiary/aromatic N) is 1. The Morgan fingerprint density at radius 2 is 1.86 bits per heavy atom. The average molecular weight is 276 g/mol. The van der Waals surface area contributed by atoms with E-state index in [-0.39, 0.29) is 0 Å². The Labute approximate surface area is 125 Å². The highest BCUT2D eigenvalue weighted by molar-refractivity contribution is 5.79. The van der Waals surface area contributed by atoms with E-state index in [1.807, 2.05) is 19.3 Å². The van der Waals surface area contributed by atoms with Gasteiger partial charge in [0.25, 0.3) is 0 Å². The number of nitrogens with one attached hydrogen (secondary N) is 1. The summed E-state index contributed by atoms with van der Waals surface area (Å²) in [6.07, 6.45) is 2.83. The minimum Gasteiger partial charge on any atom is -0.313 e. The summed E-state index contributed by atoms with van der Waals surface area (Å²) >= 11 is 0. The van der Waals surface area contributed by atoms with Crippen LogP contribution in [0.4, 0.5) is 0 Å². The van der Waals surface area contributed by atoms with E-state index in [1.165, 1.54) is 22.1 Å². The maximum Gasteiger partial charge on any atom is 0.0705 e. The first-order chi connectivity index (χ1) is 10.3. The van der Waals surface area contributed by atoms with Crippen LogP contribution in [0.25, 0.3) is 10.9 Å². The molecule has 0 aliphatic carbocycles. The lowest BCUT2D eigenvalue weighted by atomic mass is 9.97. The normalized spacial score (nSPS) is 12.5. The third-order valence-electron chi connectivity index (χ3n) is 3.94. The van der Waals surface area contributed by atoms with Crippen molar-refractivity contribution in [2.75, 3.05) is 7.05 Å². The molecule has 3 aromatic rings. The molecule has 3 rings (SSSR count). The third-order valence-corrected chi connectivity index (χ3v) is 3.94. The van der Waals surface area contributed by atoms with E-state index in [0.29, 0.717) is 6.04 Å². The van der Waals surface area contributed by atoms with Crippen molar-refractivity contribution in [1.82, 2.24) is 10.3 Å². The van der Waals surface area contributed by atoms with Gasteiger partial charge in [-0.05, 0) is 43.7 Å². The second-order valence-electron chi connectivity index (χ2n) is 5.49. The van der Waals surface area contributed by atoms with Crippen molar-refractivity contribution >= 4 is 10.9 Å². The van der Waals surface area contributed by atoms with E-state index < -0.39 is 0 Å². The number of aromatic nitrogens is 1. The number of aryl methyl sites for hydroxylation is 1. The standard InChI is InChI=1S/C19H20N2/c1-14-5-7-15(8-6-14)12-18(20-2)17-10-9-16-4-3-11-21-19(16)13-17/h3-11,13,18,20H,12H2,1-2H3. The maximum absolute atomic E-state index is 4.45. The lowest BCUT2D eigenvalue weighted by Crippen LogP contribution is -2.18. The Morgan fingerprint density at radius 3 is 2.62 bits per heavy atom. The molecular formula is C19H20N2. The minimum atomic E-state index is 0.305. The van der Waals surface area contributed by atoms with Crippen molar-refractivity contribution in [1.29, 1.82) is 0 Å². The maximum atomic E-state index is 4.45. The summed E-state index contributed by atoms with van der Waals surface area (Å²) in [6.45, 7) is 2.12. The Bertz CT molecular complexity index is 732. The summed E-state index contributed by atoms with van der Waals surface area (Å²) in [5.41, 5.74) is 4.99. The van der Waals surface area contributed by atoms with Gasteiger partial charge in [-0.15, -0.1) is 0 Å². The smallest absolute Gasteiger partial charge is 0.0705 e. The minimum absolute atomic E-state index is 0.305. The highest BCUT2D eigenvalue weighted by Crippen LogP contribution is 2.22. The molecule has 0 radical (unpaired) electrons. The molecule has 106 valence electrons. The molecule has 2 heteroatoms. The van der Waals surface area contributed by atoms with Gasteiger partial charge in [-0.2, -0.15) is 0 Å². The van der Waals surface area contributed by atoms with Gasteiger partial charge >= 0.3 is 0 Å². The highest BCUT2D eigenvalue weighted by Gasteiger charge is 2.11. The zero-order valence-corrected chi connectivity index (χ0v) is 12.5. The topological polar surface area (TPSA) is 24.9 Å². The van der Waals surface area contributed by atoms with Crippen LogP contribution in [0.1, 0.15) is 22.7 Å². The lowest BCUT2D eigenvalue weighted by molar-refractivity contribution is 0.592. The number of pyridine rings is 1. The molecule has 0 fully saturated rings. The molecule has 1 N–H and O–H groups in total. The summed E-state index contributed by atoms with van der Waals surface area (Å²) in [5.74, 6) is 0. The molecule has 1 unspecified atom stereocenters. The van der Waals surface area contributed by atoms with Crippen molar-refractivity contribution in [3.63, 3.8) is 0 Å². The molecule has 0 saturated carbocycles. The molecule has 0 amide bonds. The number of likely N-dealkylation sites (N-methyl/N-ethyl adjacent to an activating group) is 1. The first-order valence-electron chi connectivity index (χ1n) is 7.34. The summed E-state index contributed by atoms with van der Waals surface area (Å²) in [6, 6.07) is 19.7. The van der Waals surface area contributed by atoms with Crippen molar-refractivity contribution in [3.05, 3.63) is 77.5 Å². The van der Waals surface area contributed by atoms with Crippen LogP contribution in [0.15, 0.2) is 60.8 Å². The molecule has 0 aliphatic rings. The molecule has 2 nitrogen and oxygen atoms in total. The second kappa shape index (κ2) is 6.06. The van der Waals surface area contributed by atoms with Gasteiger partial charge in [-0.25, -0.2) is 0 Å². The van der Waals surface area contributed by atoms with Crippen LogP contribution in [-0.4, -0.2) is 12.0 Å². The highest BCUT2D eigenvalue weighted by atomic mass is 14.9. The Morgan fingerprint density at radius 1 is 1.05 bits per heavy atom. The average Bonchev–Trinajstić information content (AvgIpc) is 2.54. The fraction of sp³-hybridized carbons (Fsp3) is 0.211. The van der Waals surface area contributed by atoms with Gasteiger partial charge in [-0.1, -0.05) is 48.0 Å². The zero-order valence-electron chi connectivity index (χ0n) is 12.5. The second-order valence-corrected chi connectivity index (χ2v) is 5.49. The summed E-state index contributed by atoms with van der Waals surface area (Å²) in [4.78, 5) is 4.45. The number of hydrogen-bond donors (Lipinski definition) is 1. The number of rotatable bonds is 4. The molecule has 1 atom stereocenters. The molecule has 2 aromatic carbocycles. The van der Waals surface area contributed by atoms with Gasteiger partial charge in [0.15, 0.2) is 0 Å². The first kappa shape index (κ1) is 13.8. The predicted octanol–water partition coefficient (Wildman–Crippen LogP) is 4.05. The SMILES string of the molecule is CNC(Cc1ccc(C)cc1)c1ccc2cccnc2c1. The quantitative estimate of drug-likeness (QED) is 0.777. The van der Waals surface area contributed by atoms with E-state index >= 15 is 0 Å². The van der Waals surface area contributed by atoms with Crippen LogP contribution >= 0.6 is 0 Å². The largest absolute Gasteiger partial charge is 0.313 e. The number of hydrogen-bond acceptors (Lipinski definition) is 2. The first-order valence-corrected chi connectivity index (χ1v) is 7.34. The van der Waals surface area contributed by atoms with Crippen LogP contribution < -0.4 is 5.32 Å². The van der Waals surface area contributed by atoms with Gasteiger partial charge in [0, 0.05) is 17.6 Å². The molecule has 21 heavy (non-hydrogen) atoms. The summed E-state index contributed by atoms with van der Waals surface area (Å²) < 4.78 is 0. The molecule has 0 spiro atoms. The van der Waals surface area contributed by atoms with Crippen molar-refractivity contribution in [2.45, 2.75) is 19.4 Å². The van der Waals surface area contributed by atoms with Crippen LogP contribution in [0.3, 0.4) is 0 Å². The molecule has 0 aliphatic heterocycles. The van der Waals surface area contributed by atoms with Crippen molar-refractivity contribution in [2.24, 2.45) is 0 Å². The number of benzene rings is 2. The predicted molar refractivity (Wildman–Crippen MR) is 88.4 cm³/mol. The van der Waals surface area contributed by atoms with E-state index in [1.54, 1.807) is 0 Å². The summed E-state index contributed by atoms with van der Waals surface area (Å²) in [5, 5.41) is 4.60. The van der Waals surface area contributed by atoms with Gasteiger partial charge in [0.05, 0.1) is 5.52 Å². The van der Waals surface area contributed by atoms with E-state index in [0.717, 1.165) is 11.9 Å². The molecule has 0 saturated heterocycles. The molecule has 1 heterocycles. The molecular weight excluding hydrogens is 256 g/mol. The van der Waals surface area contributed by atoms with Gasteiger partial charge in [0.2, 0.25) is 0 Å². The van der Waals surface area contributed by atoms with Crippen LogP contribution in [0, 0.1) is 6.92 Å². The van der Waals surface area contributed by atoms with Crippen LogP contribution in [-0.2, 0) is 6.42 Å². The fourth-order valence-electron chi connectivity index (χ4n) is 2.65. The zero-order chi connectivity index (χ0) is 14.7. The number of fused-ring (bicyclic) bond motifs is 1. The third kappa shape index (κ3) is 3.11. The monoisotopic (exact) mass is 276 g/mol.